The van der Waals surface area contributed by atoms with E-state index in [9.17, 15) is 32.4 Å². The van der Waals surface area contributed by atoms with E-state index in [0.29, 0.717) is 42.4 Å². The molecule has 3 atom stereocenters. The van der Waals surface area contributed by atoms with Gasteiger partial charge >= 0.3 is 16.4 Å². The van der Waals surface area contributed by atoms with Gasteiger partial charge in [0.1, 0.15) is 23.5 Å². The summed E-state index contributed by atoms with van der Waals surface area (Å²) >= 11 is 0. The fourth-order valence-electron chi connectivity index (χ4n) is 6.10. The number of amides is 5. The highest BCUT2D eigenvalue weighted by atomic mass is 32.3. The topological polar surface area (TPSA) is 212 Å². The van der Waals surface area contributed by atoms with E-state index in [1.165, 1.54) is 13.1 Å². The molecule has 0 unspecified atom stereocenters. The lowest BCUT2D eigenvalue weighted by Gasteiger charge is -2.30. The van der Waals surface area contributed by atoms with Crippen LogP contribution in [-0.4, -0.2) is 102 Å². The number of piperidine rings is 1. The Morgan fingerprint density at radius 2 is 1.76 bits per heavy atom. The first-order valence-corrected chi connectivity index (χ1v) is 16.2. The largest absolute Gasteiger partial charge is 0.418 e. The summed E-state index contributed by atoms with van der Waals surface area (Å²) in [6.07, 6.45) is 3.38. The van der Waals surface area contributed by atoms with E-state index in [-0.39, 0.29) is 36.4 Å². The van der Waals surface area contributed by atoms with Crippen LogP contribution in [0.2, 0.25) is 0 Å². The molecular weight excluding hydrogens is 631 g/mol. The monoisotopic (exact) mass is 664 g/mol. The number of anilines is 1. The van der Waals surface area contributed by atoms with Crippen LogP contribution in [0.3, 0.4) is 0 Å². The van der Waals surface area contributed by atoms with E-state index in [0.717, 1.165) is 23.8 Å². The maximum Gasteiger partial charge on any atom is 0.418 e. The lowest BCUT2D eigenvalue weighted by Crippen LogP contribution is -2.56. The van der Waals surface area contributed by atoms with Gasteiger partial charge in [0.05, 0.1) is 17.2 Å². The number of nitrogens with one attached hydrogen (secondary N) is 4. The van der Waals surface area contributed by atoms with Gasteiger partial charge in [-0.3, -0.25) is 34.6 Å². The van der Waals surface area contributed by atoms with Crippen molar-refractivity contribution < 1.29 is 40.8 Å². The summed E-state index contributed by atoms with van der Waals surface area (Å²) in [6.45, 7) is 3.92. The highest BCUT2D eigenvalue weighted by Gasteiger charge is 2.49. The first-order chi connectivity index (χ1) is 21.8. The number of halogens is 1. The van der Waals surface area contributed by atoms with Gasteiger partial charge in [-0.05, 0) is 44.7 Å². The minimum absolute atomic E-state index is 0.0325. The van der Waals surface area contributed by atoms with Crippen molar-refractivity contribution in [2.24, 2.45) is 0 Å². The molecule has 5 amide bonds. The van der Waals surface area contributed by atoms with Crippen LogP contribution in [-0.2, 0) is 24.3 Å². The lowest BCUT2D eigenvalue weighted by molar-refractivity contribution is -0.131. The van der Waals surface area contributed by atoms with Crippen molar-refractivity contribution in [3.63, 3.8) is 0 Å². The molecule has 1 saturated carbocycles. The predicted molar refractivity (Wildman–Crippen MR) is 158 cm³/mol. The molecule has 0 radical (unpaired) electrons. The summed E-state index contributed by atoms with van der Waals surface area (Å²) in [5, 5.41) is 6.20. The van der Waals surface area contributed by atoms with Gasteiger partial charge in [0.15, 0.2) is 0 Å². The number of carbonyl (C=O) groups is 4. The third kappa shape index (κ3) is 6.22. The van der Waals surface area contributed by atoms with E-state index >= 15 is 4.39 Å². The van der Waals surface area contributed by atoms with Crippen LogP contribution in [0.1, 0.15) is 49.0 Å². The summed E-state index contributed by atoms with van der Waals surface area (Å²) < 4.78 is 52.5. The minimum atomic E-state index is -4.96. The maximum absolute atomic E-state index is 15.2. The molecule has 19 heteroatoms. The first kappa shape index (κ1) is 31.6. The second kappa shape index (κ2) is 12.1. The van der Waals surface area contributed by atoms with Crippen molar-refractivity contribution in [1.82, 2.24) is 36.0 Å². The smallest absolute Gasteiger partial charge is 0.367 e. The van der Waals surface area contributed by atoms with Gasteiger partial charge in [-0.1, -0.05) is 0 Å². The fourth-order valence-corrected chi connectivity index (χ4v) is 6.48. The second-order valence-corrected chi connectivity index (χ2v) is 12.8. The molecule has 2 aromatic rings. The van der Waals surface area contributed by atoms with Crippen LogP contribution < -0.4 is 31.8 Å². The number of nitrogens with zero attached hydrogens (tertiary/aromatic N) is 4. The van der Waals surface area contributed by atoms with E-state index in [1.54, 1.807) is 10.6 Å². The number of pyridine rings is 1. The van der Waals surface area contributed by atoms with Gasteiger partial charge in [-0.2, -0.15) is 13.5 Å². The van der Waals surface area contributed by atoms with Crippen LogP contribution in [0.25, 0.3) is 10.9 Å². The minimum Gasteiger partial charge on any atom is -0.367 e. The van der Waals surface area contributed by atoms with Gasteiger partial charge in [0.2, 0.25) is 11.3 Å². The number of piperazine rings is 1. The molecule has 4 fully saturated rings. The zero-order valence-corrected chi connectivity index (χ0v) is 25.5. The highest BCUT2D eigenvalue weighted by molar-refractivity contribution is 7.80. The number of rotatable bonds is 8. The van der Waals surface area contributed by atoms with Gasteiger partial charge in [0.25, 0.3) is 11.8 Å². The molecule has 0 spiro atoms. The van der Waals surface area contributed by atoms with Gasteiger partial charge in [-0.15, -0.1) is 4.28 Å². The number of hydrogen-bond donors (Lipinski definition) is 5. The Kier molecular flexibility index (Phi) is 8.34. The quantitative estimate of drug-likeness (QED) is 0.173. The average molecular weight is 665 g/mol. The zero-order valence-electron chi connectivity index (χ0n) is 24.7. The SMILES string of the molecule is C[C@H](NC(=O)[C@@H]1CC[C@@H]2CN1C(=O)N2OS(=O)(=O)O)C(=O)NNC(=O)c1cn(C2CC2)c2cc(N3CCNCC3)c(F)cc2c1=O. The molecular formula is C27H33FN8O9S. The zero-order chi connectivity index (χ0) is 32.9. The molecule has 248 valence electrons. The third-order valence-corrected chi connectivity index (χ3v) is 8.94. The fraction of sp³-hybridized carbons (Fsp3) is 0.519. The van der Waals surface area contributed by atoms with Crippen molar-refractivity contribution in [3.8, 4) is 0 Å². The van der Waals surface area contributed by atoms with Gasteiger partial charge < -0.3 is 25.0 Å². The van der Waals surface area contributed by atoms with Crippen molar-refractivity contribution >= 4 is 50.7 Å². The Labute approximate surface area is 261 Å². The number of urea groups is 1. The average Bonchev–Trinajstić information content (AvgIpc) is 3.84. The molecule has 1 aromatic carbocycles. The number of carbonyl (C=O) groups excluding carboxylic acids is 4. The van der Waals surface area contributed by atoms with E-state index in [1.807, 2.05) is 4.90 Å². The van der Waals surface area contributed by atoms with E-state index < -0.39 is 63.5 Å². The number of benzene rings is 1. The third-order valence-electron chi connectivity index (χ3n) is 8.59. The van der Waals surface area contributed by atoms with Crippen LogP contribution in [0.5, 0.6) is 0 Å². The summed E-state index contributed by atoms with van der Waals surface area (Å²) in [6, 6.07) is -1.06. The van der Waals surface area contributed by atoms with Crippen LogP contribution in [0, 0.1) is 5.82 Å². The highest BCUT2D eigenvalue weighted by Crippen LogP contribution is 2.38. The Hall–Kier alpha value is -4.33. The van der Waals surface area contributed by atoms with Gasteiger partial charge in [0, 0.05) is 50.3 Å². The van der Waals surface area contributed by atoms with E-state index in [2.05, 4.69) is 25.8 Å². The molecule has 5 N–H and O–H groups in total. The normalized spacial score (nSPS) is 22.2. The lowest BCUT2D eigenvalue weighted by atomic mass is 10.00. The first-order valence-electron chi connectivity index (χ1n) is 14.8. The van der Waals surface area contributed by atoms with Crippen LogP contribution in [0.15, 0.2) is 23.1 Å². The van der Waals surface area contributed by atoms with Crippen molar-refractivity contribution in [2.45, 2.75) is 56.8 Å². The molecule has 1 aliphatic carbocycles. The second-order valence-electron chi connectivity index (χ2n) is 11.8. The standard InChI is InChI=1S/C27H33FN8O9S/c1-14(30-26(40)20-5-4-16-12-35(20)27(41)36(16)45-46(42,43)44)24(38)31-32-25(39)18-13-34(15-2-3-15)21-11-22(33-8-6-29-7-9-33)19(28)10-17(21)23(18)37/h10-11,13-16,20,29H,2-9,12H2,1H3,(H,30,40)(H,31,38)(H,32,39)(H,42,43,44)/t14-,16+,20-/m0/s1. The molecule has 4 heterocycles. The maximum atomic E-state index is 15.2. The number of hydrazine groups is 1. The Balaban J connectivity index is 1.11. The molecule has 6 rings (SSSR count). The summed E-state index contributed by atoms with van der Waals surface area (Å²) in [7, 11) is -4.96. The molecule has 17 nitrogen and oxygen atoms in total. The molecule has 2 bridgehead atoms. The number of fused-ring (bicyclic) bond motifs is 3. The molecule has 46 heavy (non-hydrogen) atoms. The molecule has 1 aromatic heterocycles. The van der Waals surface area contributed by atoms with Crippen LogP contribution >= 0.6 is 0 Å². The summed E-state index contributed by atoms with van der Waals surface area (Å²) in [5.41, 5.74) is 4.25. The molecule has 3 aliphatic heterocycles. The number of hydrogen-bond acceptors (Lipinski definition) is 10. The van der Waals surface area contributed by atoms with Gasteiger partial charge in [-0.25, -0.2) is 9.18 Å². The Morgan fingerprint density at radius 3 is 2.43 bits per heavy atom. The van der Waals surface area contributed by atoms with E-state index in [4.69, 9.17) is 4.55 Å². The summed E-state index contributed by atoms with van der Waals surface area (Å²) in [5.74, 6) is -3.06. The van der Waals surface area contributed by atoms with Crippen molar-refractivity contribution in [2.75, 3.05) is 37.6 Å². The van der Waals surface area contributed by atoms with Crippen molar-refractivity contribution in [3.05, 3.63) is 39.9 Å². The molecule has 4 aliphatic rings. The van der Waals surface area contributed by atoms with Crippen molar-refractivity contribution in [1.29, 1.82) is 0 Å². The van der Waals surface area contributed by atoms with Crippen LogP contribution in [0.4, 0.5) is 14.9 Å². The number of hydroxylamine groups is 2. The number of aromatic nitrogens is 1. The molecule has 3 saturated heterocycles. The summed E-state index contributed by atoms with van der Waals surface area (Å²) in [4.78, 5) is 67.7. The predicted octanol–water partition coefficient (Wildman–Crippen LogP) is -0.846. The Morgan fingerprint density at radius 1 is 1.07 bits per heavy atom. The Bertz CT molecular complexity index is 1780.